The fourth-order valence-electron chi connectivity index (χ4n) is 3.19. The number of benzene rings is 1. The van der Waals surface area contributed by atoms with Crippen LogP contribution in [-0.4, -0.2) is 47.4 Å². The molecule has 0 bridgehead atoms. The number of hydrogen-bond donors (Lipinski definition) is 1. The number of nitrogens with one attached hydrogen (secondary N) is 1. The molecule has 2 aromatic rings. The monoisotopic (exact) mass is 402 g/mol. The van der Waals surface area contributed by atoms with Gasteiger partial charge in [-0.15, -0.1) is 11.8 Å². The fraction of sp³-hybridized carbons (Fsp3) is 0.368. The zero-order valence-corrected chi connectivity index (χ0v) is 16.7. The Morgan fingerprint density at radius 3 is 2.57 bits per heavy atom. The van der Waals surface area contributed by atoms with Crippen molar-refractivity contribution in [1.29, 1.82) is 0 Å². The van der Waals surface area contributed by atoms with Crippen LogP contribution in [0, 0.1) is 10.1 Å². The molecular formula is C19H22N4O4S. The van der Waals surface area contributed by atoms with Crippen LogP contribution in [0.2, 0.25) is 0 Å². The Kier molecular flexibility index (Phi) is 6.15. The van der Waals surface area contributed by atoms with E-state index in [2.05, 4.69) is 15.2 Å². The highest BCUT2D eigenvalue weighted by atomic mass is 32.2. The first kappa shape index (κ1) is 20.1. The van der Waals surface area contributed by atoms with Gasteiger partial charge in [0.25, 0.3) is 11.6 Å². The number of pyridine rings is 1. The van der Waals surface area contributed by atoms with Crippen molar-refractivity contribution in [2.75, 3.05) is 29.6 Å². The lowest BCUT2D eigenvalue weighted by Gasteiger charge is -2.36. The number of thioether (sulfide) groups is 1. The van der Waals surface area contributed by atoms with Crippen molar-refractivity contribution in [1.82, 2.24) is 4.98 Å². The molecular weight excluding hydrogens is 380 g/mol. The summed E-state index contributed by atoms with van der Waals surface area (Å²) in [6, 6.07) is 8.07. The molecule has 1 amide bonds. The Hall–Kier alpha value is -2.65. The summed E-state index contributed by atoms with van der Waals surface area (Å²) in [5.41, 5.74) is 0.278. The average Bonchev–Trinajstić information content (AvgIpc) is 2.67. The molecule has 0 radical (unpaired) electrons. The van der Waals surface area contributed by atoms with Gasteiger partial charge in [0.2, 0.25) is 0 Å². The summed E-state index contributed by atoms with van der Waals surface area (Å²) >= 11 is 1.41. The number of amides is 1. The number of rotatable bonds is 5. The molecule has 2 atom stereocenters. The smallest absolute Gasteiger partial charge is 0.282 e. The lowest BCUT2D eigenvalue weighted by Crippen LogP contribution is -2.45. The van der Waals surface area contributed by atoms with Gasteiger partial charge in [-0.25, -0.2) is 4.98 Å². The van der Waals surface area contributed by atoms with Crippen LogP contribution < -0.4 is 10.2 Å². The largest absolute Gasteiger partial charge is 0.372 e. The maximum absolute atomic E-state index is 12.6. The molecule has 9 heteroatoms. The molecule has 28 heavy (non-hydrogen) atoms. The van der Waals surface area contributed by atoms with Crippen LogP contribution in [0.5, 0.6) is 0 Å². The highest BCUT2D eigenvalue weighted by molar-refractivity contribution is 7.98. The first-order chi connectivity index (χ1) is 13.4. The summed E-state index contributed by atoms with van der Waals surface area (Å²) in [5.74, 6) is 0.265. The van der Waals surface area contributed by atoms with Crippen molar-refractivity contribution < 1.29 is 14.5 Å². The van der Waals surface area contributed by atoms with Crippen molar-refractivity contribution in [2.45, 2.75) is 31.0 Å². The predicted molar refractivity (Wildman–Crippen MR) is 109 cm³/mol. The molecule has 148 valence electrons. The van der Waals surface area contributed by atoms with E-state index in [1.165, 1.54) is 23.9 Å². The molecule has 1 aromatic carbocycles. The minimum Gasteiger partial charge on any atom is -0.372 e. The van der Waals surface area contributed by atoms with Gasteiger partial charge < -0.3 is 15.0 Å². The van der Waals surface area contributed by atoms with Crippen LogP contribution in [-0.2, 0) is 4.74 Å². The summed E-state index contributed by atoms with van der Waals surface area (Å²) in [7, 11) is 0. The molecule has 2 unspecified atom stereocenters. The molecule has 1 aliphatic rings. The third-order valence-electron chi connectivity index (χ3n) is 4.39. The molecule has 1 fully saturated rings. The van der Waals surface area contributed by atoms with Gasteiger partial charge in [-0.05, 0) is 44.4 Å². The van der Waals surface area contributed by atoms with E-state index in [-0.39, 0.29) is 23.5 Å². The Bertz CT molecular complexity index is 865. The van der Waals surface area contributed by atoms with Crippen LogP contribution in [0.1, 0.15) is 24.2 Å². The van der Waals surface area contributed by atoms with Gasteiger partial charge in [0.05, 0.1) is 29.0 Å². The van der Waals surface area contributed by atoms with Gasteiger partial charge in [0.1, 0.15) is 11.4 Å². The van der Waals surface area contributed by atoms with E-state index in [1.54, 1.807) is 18.3 Å². The van der Waals surface area contributed by atoms with Crippen molar-refractivity contribution in [3.8, 4) is 0 Å². The van der Waals surface area contributed by atoms with Crippen LogP contribution in [0.3, 0.4) is 0 Å². The Morgan fingerprint density at radius 1 is 1.29 bits per heavy atom. The van der Waals surface area contributed by atoms with E-state index < -0.39 is 10.8 Å². The SMILES string of the molecule is CSc1ccc([N+](=O)[O-])c(C(=O)Nc2ccc(N3CC(C)OC(C)C3)nc2)c1. The zero-order chi connectivity index (χ0) is 20.3. The van der Waals surface area contributed by atoms with Crippen molar-refractivity contribution in [3.05, 3.63) is 52.2 Å². The number of nitrogens with zero attached hydrogens (tertiary/aromatic N) is 3. The first-order valence-electron chi connectivity index (χ1n) is 8.87. The Balaban J connectivity index is 1.75. The minimum atomic E-state index is -0.554. The van der Waals surface area contributed by atoms with E-state index in [4.69, 9.17) is 4.74 Å². The van der Waals surface area contributed by atoms with Gasteiger partial charge in [-0.2, -0.15) is 0 Å². The minimum absolute atomic E-state index is 0.0248. The molecule has 0 spiro atoms. The number of carbonyl (C=O) groups is 1. The van der Waals surface area contributed by atoms with Gasteiger partial charge in [-0.1, -0.05) is 0 Å². The number of aromatic nitrogens is 1. The maximum Gasteiger partial charge on any atom is 0.282 e. The third-order valence-corrected chi connectivity index (χ3v) is 5.12. The molecule has 0 saturated carbocycles. The number of hydrogen-bond acceptors (Lipinski definition) is 7. The number of anilines is 2. The van der Waals surface area contributed by atoms with Crippen LogP contribution >= 0.6 is 11.8 Å². The second-order valence-corrected chi connectivity index (χ2v) is 7.54. The van der Waals surface area contributed by atoms with E-state index in [9.17, 15) is 14.9 Å². The number of nitro benzene ring substituents is 1. The second kappa shape index (κ2) is 8.57. The summed E-state index contributed by atoms with van der Waals surface area (Å²) in [6.07, 6.45) is 3.64. The summed E-state index contributed by atoms with van der Waals surface area (Å²) in [5, 5.41) is 13.9. The average molecular weight is 402 g/mol. The maximum atomic E-state index is 12.6. The van der Waals surface area contributed by atoms with Crippen molar-refractivity contribution in [2.24, 2.45) is 0 Å². The molecule has 3 rings (SSSR count). The zero-order valence-electron chi connectivity index (χ0n) is 15.9. The predicted octanol–water partition coefficient (Wildman–Crippen LogP) is 3.58. The van der Waals surface area contributed by atoms with E-state index >= 15 is 0 Å². The van der Waals surface area contributed by atoms with Gasteiger partial charge >= 0.3 is 0 Å². The first-order valence-corrected chi connectivity index (χ1v) is 10.1. The van der Waals surface area contributed by atoms with Crippen molar-refractivity contribution >= 4 is 34.9 Å². The second-order valence-electron chi connectivity index (χ2n) is 6.66. The molecule has 1 saturated heterocycles. The number of carbonyl (C=O) groups excluding carboxylic acids is 1. The van der Waals surface area contributed by atoms with Crippen molar-refractivity contribution in [3.63, 3.8) is 0 Å². The lowest BCUT2D eigenvalue weighted by atomic mass is 10.1. The van der Waals surface area contributed by atoms with E-state index in [0.29, 0.717) is 5.69 Å². The standard InChI is InChI=1S/C19H22N4O4S/c1-12-10-22(11-13(2)27-12)18-7-4-14(9-20-18)21-19(24)16-8-15(28-3)5-6-17(16)23(25)26/h4-9,12-13H,10-11H2,1-3H3,(H,21,24). The molecule has 1 aromatic heterocycles. The van der Waals surface area contributed by atoms with E-state index in [0.717, 1.165) is 23.8 Å². The summed E-state index contributed by atoms with van der Waals surface area (Å²) < 4.78 is 5.73. The third kappa shape index (κ3) is 4.60. The summed E-state index contributed by atoms with van der Waals surface area (Å²) in [4.78, 5) is 30.6. The molecule has 8 nitrogen and oxygen atoms in total. The van der Waals surface area contributed by atoms with Crippen LogP contribution in [0.15, 0.2) is 41.4 Å². The quantitative estimate of drug-likeness (QED) is 0.464. The Morgan fingerprint density at radius 2 is 2.00 bits per heavy atom. The number of ether oxygens (including phenoxy) is 1. The highest BCUT2D eigenvalue weighted by Gasteiger charge is 2.24. The fourth-order valence-corrected chi connectivity index (χ4v) is 3.63. The highest BCUT2D eigenvalue weighted by Crippen LogP contribution is 2.26. The topological polar surface area (TPSA) is 97.6 Å². The van der Waals surface area contributed by atoms with Gasteiger partial charge in [0, 0.05) is 24.1 Å². The number of nitro groups is 1. The lowest BCUT2D eigenvalue weighted by molar-refractivity contribution is -0.385. The van der Waals surface area contributed by atoms with Gasteiger partial charge in [-0.3, -0.25) is 14.9 Å². The van der Waals surface area contributed by atoms with E-state index in [1.807, 2.05) is 26.2 Å². The molecule has 2 heterocycles. The van der Waals surface area contributed by atoms with Crippen LogP contribution in [0.25, 0.3) is 0 Å². The molecule has 1 aliphatic heterocycles. The number of morpholine rings is 1. The Labute approximate surface area is 167 Å². The van der Waals surface area contributed by atoms with Gasteiger partial charge in [0.15, 0.2) is 0 Å². The van der Waals surface area contributed by atoms with Crippen LogP contribution in [0.4, 0.5) is 17.2 Å². The normalized spacial score (nSPS) is 19.3. The molecule has 1 N–H and O–H groups in total. The summed E-state index contributed by atoms with van der Waals surface area (Å²) in [6.45, 7) is 5.53. The molecule has 0 aliphatic carbocycles.